The van der Waals surface area contributed by atoms with Crippen LogP contribution in [0, 0.1) is 12.3 Å². The first-order chi connectivity index (χ1) is 11.1. The van der Waals surface area contributed by atoms with Crippen molar-refractivity contribution >= 4 is 49.9 Å². The Kier molecular flexibility index (Phi) is 5.77. The summed E-state index contributed by atoms with van der Waals surface area (Å²) in [5, 5.41) is 7.91. The van der Waals surface area contributed by atoms with Gasteiger partial charge >= 0.3 is 0 Å². The van der Waals surface area contributed by atoms with E-state index in [4.69, 9.17) is 0 Å². The van der Waals surface area contributed by atoms with Crippen LogP contribution in [-0.4, -0.2) is 16.8 Å². The molecule has 0 fully saturated rings. The SMILES string of the molecule is Cc1cc(NC(=O)Cc2csc(NC(=O)C(C)(C)C)n2)ccc1Br. The van der Waals surface area contributed by atoms with Crippen molar-refractivity contribution < 1.29 is 9.59 Å². The number of aryl methyl sites for hydroxylation is 1. The molecule has 1 heterocycles. The highest BCUT2D eigenvalue weighted by atomic mass is 79.9. The lowest BCUT2D eigenvalue weighted by atomic mass is 9.96. The second kappa shape index (κ2) is 7.44. The van der Waals surface area contributed by atoms with E-state index < -0.39 is 5.41 Å². The third-order valence-corrected chi connectivity index (χ3v) is 4.93. The van der Waals surface area contributed by atoms with Crippen LogP contribution in [0.25, 0.3) is 0 Å². The number of hydrogen-bond acceptors (Lipinski definition) is 4. The first-order valence-electron chi connectivity index (χ1n) is 7.47. The Morgan fingerprint density at radius 1 is 1.25 bits per heavy atom. The van der Waals surface area contributed by atoms with Crippen LogP contribution < -0.4 is 10.6 Å². The standard InChI is InChI=1S/C17H20BrN3O2S/c1-10-7-11(5-6-13(10)18)19-14(22)8-12-9-24-16(20-12)21-15(23)17(2,3)4/h5-7,9H,8H2,1-4H3,(H,19,22)(H,20,21,23). The molecule has 1 aromatic carbocycles. The van der Waals surface area contributed by atoms with Gasteiger partial charge in [0.1, 0.15) is 0 Å². The second-order valence-electron chi connectivity index (χ2n) is 6.54. The number of nitrogens with zero attached hydrogens (tertiary/aromatic N) is 1. The van der Waals surface area contributed by atoms with E-state index in [1.54, 1.807) is 5.38 Å². The molecule has 2 rings (SSSR count). The van der Waals surface area contributed by atoms with Crippen molar-refractivity contribution in [2.24, 2.45) is 5.41 Å². The molecule has 2 amide bonds. The number of thiazole rings is 1. The van der Waals surface area contributed by atoms with Gasteiger partial charge in [-0.05, 0) is 30.7 Å². The number of halogens is 1. The first-order valence-corrected chi connectivity index (χ1v) is 9.14. The predicted molar refractivity (Wildman–Crippen MR) is 101 cm³/mol. The summed E-state index contributed by atoms with van der Waals surface area (Å²) in [6, 6.07) is 5.64. The van der Waals surface area contributed by atoms with Crippen LogP contribution in [-0.2, 0) is 16.0 Å². The van der Waals surface area contributed by atoms with E-state index in [2.05, 4.69) is 31.5 Å². The van der Waals surface area contributed by atoms with Crippen molar-refractivity contribution in [1.82, 2.24) is 4.98 Å². The predicted octanol–water partition coefficient (Wildman–Crippen LogP) is 4.38. The summed E-state index contributed by atoms with van der Waals surface area (Å²) >= 11 is 4.75. The minimum absolute atomic E-state index is 0.0989. The molecular formula is C17H20BrN3O2S. The van der Waals surface area contributed by atoms with Crippen molar-refractivity contribution in [3.63, 3.8) is 0 Å². The highest BCUT2D eigenvalue weighted by Gasteiger charge is 2.22. The van der Waals surface area contributed by atoms with Gasteiger partial charge in [0.25, 0.3) is 0 Å². The maximum Gasteiger partial charge on any atom is 0.231 e. The molecular weight excluding hydrogens is 390 g/mol. The van der Waals surface area contributed by atoms with Crippen LogP contribution in [0.4, 0.5) is 10.8 Å². The third-order valence-electron chi connectivity index (χ3n) is 3.24. The normalized spacial score (nSPS) is 11.2. The van der Waals surface area contributed by atoms with E-state index in [-0.39, 0.29) is 18.2 Å². The van der Waals surface area contributed by atoms with Gasteiger partial charge in [-0.2, -0.15) is 0 Å². The minimum Gasteiger partial charge on any atom is -0.326 e. The highest BCUT2D eigenvalue weighted by Crippen LogP contribution is 2.22. The van der Waals surface area contributed by atoms with E-state index >= 15 is 0 Å². The lowest BCUT2D eigenvalue weighted by molar-refractivity contribution is -0.123. The molecule has 0 aliphatic carbocycles. The van der Waals surface area contributed by atoms with Gasteiger partial charge < -0.3 is 10.6 Å². The van der Waals surface area contributed by atoms with Gasteiger partial charge in [0.05, 0.1) is 12.1 Å². The van der Waals surface area contributed by atoms with Gasteiger partial charge in [0.2, 0.25) is 11.8 Å². The van der Waals surface area contributed by atoms with Crippen molar-refractivity contribution in [3.8, 4) is 0 Å². The Balaban J connectivity index is 1.95. The van der Waals surface area contributed by atoms with Gasteiger partial charge in [0, 0.05) is 21.0 Å². The summed E-state index contributed by atoms with van der Waals surface area (Å²) in [4.78, 5) is 28.4. The first kappa shape index (κ1) is 18.6. The van der Waals surface area contributed by atoms with Crippen LogP contribution in [0.1, 0.15) is 32.0 Å². The fourth-order valence-electron chi connectivity index (χ4n) is 1.82. The third kappa shape index (κ3) is 5.14. The van der Waals surface area contributed by atoms with Crippen molar-refractivity contribution in [2.75, 3.05) is 10.6 Å². The van der Waals surface area contributed by atoms with E-state index in [0.29, 0.717) is 10.8 Å². The molecule has 0 atom stereocenters. The number of aromatic nitrogens is 1. The fraction of sp³-hybridized carbons (Fsp3) is 0.353. The number of carbonyl (C=O) groups is 2. The zero-order valence-corrected chi connectivity index (χ0v) is 16.5. The van der Waals surface area contributed by atoms with Crippen LogP contribution in [0.2, 0.25) is 0 Å². The molecule has 0 aliphatic heterocycles. The zero-order chi connectivity index (χ0) is 17.9. The molecule has 2 N–H and O–H groups in total. The highest BCUT2D eigenvalue weighted by molar-refractivity contribution is 9.10. The number of rotatable bonds is 4. The Hall–Kier alpha value is -1.73. The smallest absolute Gasteiger partial charge is 0.231 e. The average Bonchev–Trinajstić information content (AvgIpc) is 2.89. The maximum atomic E-state index is 12.1. The van der Waals surface area contributed by atoms with Crippen molar-refractivity contribution in [1.29, 1.82) is 0 Å². The maximum absolute atomic E-state index is 12.1. The molecule has 7 heteroatoms. The van der Waals surface area contributed by atoms with E-state index in [0.717, 1.165) is 15.7 Å². The largest absolute Gasteiger partial charge is 0.326 e. The molecule has 0 saturated carbocycles. The minimum atomic E-state index is -0.483. The summed E-state index contributed by atoms with van der Waals surface area (Å²) in [7, 11) is 0. The summed E-state index contributed by atoms with van der Waals surface area (Å²) in [6.07, 6.45) is 0.164. The molecule has 0 bridgehead atoms. The van der Waals surface area contributed by atoms with Gasteiger partial charge in [-0.1, -0.05) is 36.7 Å². The molecule has 0 radical (unpaired) electrons. The van der Waals surface area contributed by atoms with Gasteiger partial charge in [-0.3, -0.25) is 9.59 Å². The topological polar surface area (TPSA) is 71.1 Å². The Bertz CT molecular complexity index is 765. The van der Waals surface area contributed by atoms with E-state index in [1.807, 2.05) is 45.9 Å². The van der Waals surface area contributed by atoms with Gasteiger partial charge in [-0.15, -0.1) is 11.3 Å². The fourth-order valence-corrected chi connectivity index (χ4v) is 2.77. The number of anilines is 2. The van der Waals surface area contributed by atoms with Gasteiger partial charge in [0.15, 0.2) is 5.13 Å². The quantitative estimate of drug-likeness (QED) is 0.786. The zero-order valence-electron chi connectivity index (χ0n) is 14.1. The monoisotopic (exact) mass is 409 g/mol. The Morgan fingerprint density at radius 2 is 1.96 bits per heavy atom. The summed E-state index contributed by atoms with van der Waals surface area (Å²) in [5.41, 5.74) is 1.95. The van der Waals surface area contributed by atoms with Crippen molar-refractivity contribution in [2.45, 2.75) is 34.1 Å². The van der Waals surface area contributed by atoms with Crippen LogP contribution in [0.3, 0.4) is 0 Å². The summed E-state index contributed by atoms with van der Waals surface area (Å²) < 4.78 is 0.999. The van der Waals surface area contributed by atoms with Gasteiger partial charge in [-0.25, -0.2) is 4.98 Å². The summed E-state index contributed by atoms with van der Waals surface area (Å²) in [6.45, 7) is 7.48. The van der Waals surface area contributed by atoms with Crippen LogP contribution >= 0.6 is 27.3 Å². The Labute approximate surface area is 154 Å². The molecule has 5 nitrogen and oxygen atoms in total. The molecule has 0 spiro atoms. The van der Waals surface area contributed by atoms with Crippen molar-refractivity contribution in [3.05, 3.63) is 39.3 Å². The lowest BCUT2D eigenvalue weighted by Crippen LogP contribution is -2.27. The number of amides is 2. The van der Waals surface area contributed by atoms with E-state index in [1.165, 1.54) is 11.3 Å². The number of benzene rings is 1. The molecule has 2 aromatic rings. The summed E-state index contributed by atoms with van der Waals surface area (Å²) in [5.74, 6) is -0.242. The van der Waals surface area contributed by atoms with E-state index in [9.17, 15) is 9.59 Å². The van der Waals surface area contributed by atoms with Crippen LogP contribution in [0.15, 0.2) is 28.1 Å². The molecule has 24 heavy (non-hydrogen) atoms. The molecule has 128 valence electrons. The molecule has 1 aromatic heterocycles. The average molecular weight is 410 g/mol. The number of carbonyl (C=O) groups excluding carboxylic acids is 2. The molecule has 0 unspecified atom stereocenters. The van der Waals surface area contributed by atoms with Crippen LogP contribution in [0.5, 0.6) is 0 Å². The second-order valence-corrected chi connectivity index (χ2v) is 8.25. The lowest BCUT2D eigenvalue weighted by Gasteiger charge is -2.15. The number of nitrogens with one attached hydrogen (secondary N) is 2. The number of hydrogen-bond donors (Lipinski definition) is 2. The molecule has 0 saturated heterocycles. The molecule has 0 aliphatic rings. The Morgan fingerprint density at radius 3 is 2.58 bits per heavy atom.